The van der Waals surface area contributed by atoms with Crippen LogP contribution in [0.1, 0.15) is 123 Å². The third-order valence-electron chi connectivity index (χ3n) is 4.69. The Morgan fingerprint density at radius 3 is 1.46 bits per heavy atom. The molecule has 0 aliphatic carbocycles. The van der Waals surface area contributed by atoms with E-state index in [1.165, 1.54) is 58.3 Å². The lowest BCUT2D eigenvalue weighted by atomic mass is 10.0. The summed E-state index contributed by atoms with van der Waals surface area (Å²) in [5, 5.41) is 3.44. The first-order chi connectivity index (χ1) is 17.5. The molecular formula is C35H64N2. The van der Waals surface area contributed by atoms with Gasteiger partial charge in [0, 0.05) is 18.8 Å². The van der Waals surface area contributed by atoms with Crippen LogP contribution in [-0.4, -0.2) is 6.54 Å². The third kappa shape index (κ3) is 25.1. The molecule has 37 heavy (non-hydrogen) atoms. The van der Waals surface area contributed by atoms with Crippen molar-refractivity contribution in [2.24, 2.45) is 5.73 Å². The Morgan fingerprint density at radius 1 is 0.757 bits per heavy atom. The molecule has 214 valence electrons. The number of hydrogen-bond acceptors (Lipinski definition) is 2. The van der Waals surface area contributed by atoms with Crippen molar-refractivity contribution in [3.05, 3.63) is 82.9 Å². The molecule has 2 heteroatoms. The molecule has 0 saturated heterocycles. The van der Waals surface area contributed by atoms with Crippen LogP contribution in [0.4, 0.5) is 5.69 Å². The number of anilines is 1. The lowest BCUT2D eigenvalue weighted by Crippen LogP contribution is -2.05. The number of nitrogens with two attached hydrogens (primary N) is 1. The van der Waals surface area contributed by atoms with E-state index in [1.54, 1.807) is 0 Å². The molecule has 0 aromatic heterocycles. The average Bonchev–Trinajstić information content (AvgIpc) is 2.87. The Kier molecular flexibility index (Phi) is 33.8. The molecule has 0 unspecified atom stereocenters. The van der Waals surface area contributed by atoms with Gasteiger partial charge < -0.3 is 11.1 Å². The lowest BCUT2D eigenvalue weighted by Gasteiger charge is -2.13. The largest absolute Gasteiger partial charge is 0.385 e. The minimum absolute atomic E-state index is 0.621. The molecule has 2 rings (SSSR count). The van der Waals surface area contributed by atoms with Crippen LogP contribution >= 0.6 is 0 Å². The second-order valence-corrected chi connectivity index (χ2v) is 8.89. The van der Waals surface area contributed by atoms with E-state index in [4.69, 9.17) is 5.73 Å². The van der Waals surface area contributed by atoms with E-state index in [9.17, 15) is 0 Å². The first-order valence-corrected chi connectivity index (χ1v) is 14.4. The molecule has 0 atom stereocenters. The van der Waals surface area contributed by atoms with E-state index in [1.807, 2.05) is 60.6 Å². The highest BCUT2D eigenvalue weighted by Crippen LogP contribution is 2.22. The molecule has 0 aliphatic rings. The van der Waals surface area contributed by atoms with E-state index >= 15 is 0 Å². The van der Waals surface area contributed by atoms with Crippen molar-refractivity contribution in [1.82, 2.24) is 0 Å². The maximum absolute atomic E-state index is 5.62. The van der Waals surface area contributed by atoms with Crippen LogP contribution < -0.4 is 11.1 Å². The van der Waals surface area contributed by atoms with E-state index in [0.717, 1.165) is 18.5 Å². The molecule has 3 N–H and O–H groups in total. The lowest BCUT2D eigenvalue weighted by molar-refractivity contribution is 0.772. The van der Waals surface area contributed by atoms with E-state index in [0.29, 0.717) is 6.54 Å². The monoisotopic (exact) mass is 513 g/mol. The summed E-state index contributed by atoms with van der Waals surface area (Å²) in [6.45, 7) is 36.0. The maximum atomic E-state index is 5.62. The number of nitrogens with one attached hydrogen (secondary N) is 1. The van der Waals surface area contributed by atoms with Gasteiger partial charge in [-0.15, -0.1) is 6.58 Å². The van der Waals surface area contributed by atoms with Crippen LogP contribution in [0.5, 0.6) is 0 Å². The Balaban J connectivity index is -0.000000207. The van der Waals surface area contributed by atoms with E-state index in [2.05, 4.69) is 84.3 Å². The van der Waals surface area contributed by atoms with Gasteiger partial charge in [-0.2, -0.15) is 0 Å². The van der Waals surface area contributed by atoms with Gasteiger partial charge in [0.2, 0.25) is 0 Å². The van der Waals surface area contributed by atoms with E-state index < -0.39 is 0 Å². The van der Waals surface area contributed by atoms with Gasteiger partial charge >= 0.3 is 0 Å². The molecule has 2 aromatic carbocycles. The maximum Gasteiger partial charge on any atom is 0.0399 e. The van der Waals surface area contributed by atoms with Gasteiger partial charge in [0.25, 0.3) is 0 Å². The van der Waals surface area contributed by atoms with Crippen molar-refractivity contribution in [2.45, 2.75) is 122 Å². The zero-order valence-electron chi connectivity index (χ0n) is 27.2. The molecule has 0 fully saturated rings. The quantitative estimate of drug-likeness (QED) is 0.362. The topological polar surface area (TPSA) is 38.0 Å². The Morgan fingerprint density at radius 2 is 1.19 bits per heavy atom. The van der Waals surface area contributed by atoms with Crippen LogP contribution in [0.25, 0.3) is 5.57 Å². The number of hydrogen-bond donors (Lipinski definition) is 2. The molecule has 2 nitrogen and oxygen atoms in total. The Hall–Kier alpha value is -2.32. The van der Waals surface area contributed by atoms with Gasteiger partial charge in [-0.3, -0.25) is 0 Å². The molecule has 2 aromatic rings. The van der Waals surface area contributed by atoms with Crippen molar-refractivity contribution < 1.29 is 0 Å². The number of unbranched alkanes of at least 4 members (excludes halogenated alkanes) is 2. The van der Waals surface area contributed by atoms with Crippen molar-refractivity contribution in [3.8, 4) is 0 Å². The van der Waals surface area contributed by atoms with Gasteiger partial charge in [0.15, 0.2) is 0 Å². The summed E-state index contributed by atoms with van der Waals surface area (Å²) >= 11 is 0. The standard InChI is InChI=1S/C12H20N2.C10H12.C5H12.C4H8.2C2H6/c1-4-5-14-12-9(2)6-11(8-13)7-10(12)3;1-8(2)10-7-5-4-6-9(10)3;1-3-5-4-2;1-4(2)3;2*1-2/h6-7,14H,4-5,8,13H2,1-3H3;4-7H,1H2,2-3H3;3-5H2,1-2H3;1H2,2-3H3;2*1-2H3. The minimum Gasteiger partial charge on any atom is -0.385 e. The Bertz CT molecular complexity index is 774. The van der Waals surface area contributed by atoms with Gasteiger partial charge in [-0.1, -0.05) is 122 Å². The molecule has 0 bridgehead atoms. The summed E-state index contributed by atoms with van der Waals surface area (Å²) in [4.78, 5) is 0. The normalized spacial score (nSPS) is 8.59. The van der Waals surface area contributed by atoms with Crippen molar-refractivity contribution >= 4 is 11.3 Å². The van der Waals surface area contributed by atoms with Crippen molar-refractivity contribution in [3.63, 3.8) is 0 Å². The summed E-state index contributed by atoms with van der Waals surface area (Å²) < 4.78 is 0. The second kappa shape index (κ2) is 29.9. The molecule has 0 aliphatic heterocycles. The summed E-state index contributed by atoms with van der Waals surface area (Å²) in [6.07, 6.45) is 5.23. The zero-order chi connectivity index (χ0) is 29.8. The van der Waals surface area contributed by atoms with Crippen LogP contribution in [0.15, 0.2) is 55.1 Å². The first kappa shape index (κ1) is 41.8. The van der Waals surface area contributed by atoms with Crippen molar-refractivity contribution in [2.75, 3.05) is 11.9 Å². The minimum atomic E-state index is 0.621. The average molecular weight is 513 g/mol. The van der Waals surface area contributed by atoms with Gasteiger partial charge in [0.1, 0.15) is 0 Å². The molecule has 0 heterocycles. The fraction of sp³-hybridized carbons (Fsp3) is 0.543. The van der Waals surface area contributed by atoms with Crippen LogP contribution in [0.2, 0.25) is 0 Å². The third-order valence-corrected chi connectivity index (χ3v) is 4.69. The predicted octanol–water partition coefficient (Wildman–Crippen LogP) is 11.4. The summed E-state index contributed by atoms with van der Waals surface area (Å²) in [7, 11) is 0. The van der Waals surface area contributed by atoms with Crippen LogP contribution in [-0.2, 0) is 6.54 Å². The van der Waals surface area contributed by atoms with Crippen LogP contribution in [0.3, 0.4) is 0 Å². The number of aryl methyl sites for hydroxylation is 3. The zero-order valence-corrected chi connectivity index (χ0v) is 27.2. The highest BCUT2D eigenvalue weighted by atomic mass is 14.9. The summed E-state index contributed by atoms with van der Waals surface area (Å²) in [6, 6.07) is 12.6. The van der Waals surface area contributed by atoms with Gasteiger partial charge in [-0.05, 0) is 75.8 Å². The highest BCUT2D eigenvalue weighted by molar-refractivity contribution is 5.64. The molecule has 0 spiro atoms. The van der Waals surface area contributed by atoms with E-state index in [-0.39, 0.29) is 0 Å². The van der Waals surface area contributed by atoms with Gasteiger partial charge in [-0.25, -0.2) is 0 Å². The summed E-state index contributed by atoms with van der Waals surface area (Å²) in [5.74, 6) is 0. The highest BCUT2D eigenvalue weighted by Gasteiger charge is 2.03. The number of benzene rings is 2. The first-order valence-electron chi connectivity index (χ1n) is 14.4. The van der Waals surface area contributed by atoms with Gasteiger partial charge in [0.05, 0.1) is 0 Å². The molecular weight excluding hydrogens is 448 g/mol. The molecule has 0 amide bonds. The number of allylic oxidation sites excluding steroid dienone is 2. The van der Waals surface area contributed by atoms with Crippen molar-refractivity contribution in [1.29, 1.82) is 0 Å². The fourth-order valence-electron chi connectivity index (χ4n) is 3.11. The molecule has 0 radical (unpaired) electrons. The molecule has 0 saturated carbocycles. The van der Waals surface area contributed by atoms with Crippen LogP contribution in [0, 0.1) is 20.8 Å². The Labute approximate surface area is 233 Å². The SMILES string of the molecule is C=C(C)C.C=C(C)c1ccccc1C.CC.CC.CCCCC.CCCNc1c(C)cc(CN)cc1C. The summed E-state index contributed by atoms with van der Waals surface area (Å²) in [5.41, 5.74) is 15.5. The fourth-order valence-corrected chi connectivity index (χ4v) is 3.11. The number of rotatable bonds is 7. The predicted molar refractivity (Wildman–Crippen MR) is 177 cm³/mol. The smallest absolute Gasteiger partial charge is 0.0399 e. The second-order valence-electron chi connectivity index (χ2n) is 8.89.